The van der Waals surface area contributed by atoms with Gasteiger partial charge in [0.1, 0.15) is 5.54 Å². The average molecular weight is 288 g/mol. The van der Waals surface area contributed by atoms with Gasteiger partial charge in [0.15, 0.2) is 0 Å². The molecule has 1 fully saturated rings. The third-order valence-corrected chi connectivity index (χ3v) is 4.56. The zero-order valence-electron chi connectivity index (χ0n) is 9.74. The Morgan fingerprint density at radius 3 is 2.67 bits per heavy atom. The van der Waals surface area contributed by atoms with Crippen LogP contribution in [-0.4, -0.2) is 22.5 Å². The smallest absolute Gasteiger partial charge is 0.329 e. The highest BCUT2D eigenvalue weighted by Gasteiger charge is 2.45. The lowest BCUT2D eigenvalue weighted by molar-refractivity contribution is -0.151. The molecule has 1 aliphatic rings. The second kappa shape index (κ2) is 5.28. The number of carbonyl (C=O) groups excluding carboxylic acids is 1. The summed E-state index contributed by atoms with van der Waals surface area (Å²) in [4.78, 5) is 23.9. The van der Waals surface area contributed by atoms with Gasteiger partial charge in [-0.05, 0) is 31.7 Å². The van der Waals surface area contributed by atoms with Crippen LogP contribution in [0.4, 0.5) is 0 Å². The summed E-state index contributed by atoms with van der Waals surface area (Å²) in [6.07, 6.45) is 2.80. The molecule has 0 unspecified atom stereocenters. The molecule has 1 saturated carbocycles. The van der Waals surface area contributed by atoms with Crippen molar-refractivity contribution in [3.05, 3.63) is 21.3 Å². The van der Waals surface area contributed by atoms with Crippen LogP contribution in [0.25, 0.3) is 0 Å². The average Bonchev–Trinajstić information content (AvgIpc) is 2.66. The molecule has 1 heterocycles. The number of nitrogens with one attached hydrogen (secondary N) is 1. The van der Waals surface area contributed by atoms with Crippen molar-refractivity contribution in [2.75, 3.05) is 0 Å². The maximum absolute atomic E-state index is 11.7. The summed E-state index contributed by atoms with van der Waals surface area (Å²) in [5.41, 5.74) is -1.01. The summed E-state index contributed by atoms with van der Waals surface area (Å²) in [5, 5.41) is 14.2. The molecule has 2 rings (SSSR count). The van der Waals surface area contributed by atoms with Gasteiger partial charge in [-0.1, -0.05) is 11.6 Å². The first kappa shape index (κ1) is 13.4. The molecule has 1 amide bonds. The molecule has 0 bridgehead atoms. The summed E-state index contributed by atoms with van der Waals surface area (Å²) in [5.74, 6) is -1.14. The summed E-state index contributed by atoms with van der Waals surface area (Å²) in [7, 11) is 0. The Balaban J connectivity index is 1.83. The summed E-state index contributed by atoms with van der Waals surface area (Å²) >= 11 is 7.29. The number of thiophene rings is 1. The first-order chi connectivity index (χ1) is 8.52. The van der Waals surface area contributed by atoms with E-state index in [1.165, 1.54) is 11.3 Å². The molecule has 98 valence electrons. The van der Waals surface area contributed by atoms with Gasteiger partial charge in [-0.3, -0.25) is 4.79 Å². The van der Waals surface area contributed by atoms with Gasteiger partial charge < -0.3 is 10.4 Å². The zero-order valence-corrected chi connectivity index (χ0v) is 11.3. The van der Waals surface area contributed by atoms with E-state index in [0.717, 1.165) is 11.3 Å². The fraction of sp³-hybridized carbons (Fsp3) is 0.500. The monoisotopic (exact) mass is 287 g/mol. The van der Waals surface area contributed by atoms with E-state index in [9.17, 15) is 9.59 Å². The number of amides is 1. The van der Waals surface area contributed by atoms with Crippen LogP contribution in [0.15, 0.2) is 11.4 Å². The van der Waals surface area contributed by atoms with E-state index in [4.69, 9.17) is 16.7 Å². The number of halogens is 1. The van der Waals surface area contributed by atoms with Crippen molar-refractivity contribution in [1.29, 1.82) is 0 Å². The van der Waals surface area contributed by atoms with Crippen LogP contribution >= 0.6 is 22.9 Å². The van der Waals surface area contributed by atoms with E-state index in [2.05, 4.69) is 5.32 Å². The van der Waals surface area contributed by atoms with Crippen molar-refractivity contribution in [2.45, 2.75) is 37.6 Å². The van der Waals surface area contributed by atoms with Crippen LogP contribution in [0.3, 0.4) is 0 Å². The van der Waals surface area contributed by atoms with Crippen LogP contribution in [0.5, 0.6) is 0 Å². The number of hydrogen-bond acceptors (Lipinski definition) is 3. The minimum atomic E-state index is -1.01. The molecule has 4 nitrogen and oxygen atoms in total. The van der Waals surface area contributed by atoms with Crippen LogP contribution in [-0.2, 0) is 16.0 Å². The van der Waals surface area contributed by atoms with E-state index in [-0.39, 0.29) is 5.91 Å². The Labute approximate surface area is 114 Å². The lowest BCUT2D eigenvalue weighted by atomic mass is 9.76. The van der Waals surface area contributed by atoms with Crippen LogP contribution in [0, 0.1) is 0 Å². The van der Waals surface area contributed by atoms with Gasteiger partial charge >= 0.3 is 5.97 Å². The highest BCUT2D eigenvalue weighted by Crippen LogP contribution is 2.32. The highest BCUT2D eigenvalue weighted by molar-refractivity contribution is 7.10. The zero-order chi connectivity index (χ0) is 13.2. The number of carbonyl (C=O) groups is 2. The van der Waals surface area contributed by atoms with Crippen molar-refractivity contribution < 1.29 is 14.7 Å². The largest absolute Gasteiger partial charge is 0.480 e. The third-order valence-electron chi connectivity index (χ3n) is 3.22. The van der Waals surface area contributed by atoms with Gasteiger partial charge in [-0.15, -0.1) is 11.3 Å². The second-order valence-corrected chi connectivity index (χ2v) is 5.95. The van der Waals surface area contributed by atoms with Crippen LogP contribution in [0.2, 0.25) is 5.02 Å². The molecule has 1 aromatic rings. The molecule has 1 aliphatic carbocycles. The quantitative estimate of drug-likeness (QED) is 0.874. The fourth-order valence-corrected chi connectivity index (χ4v) is 3.05. The number of aryl methyl sites for hydroxylation is 1. The van der Waals surface area contributed by atoms with Crippen molar-refractivity contribution >= 4 is 34.8 Å². The molecule has 18 heavy (non-hydrogen) atoms. The molecular formula is C12H14ClNO3S. The van der Waals surface area contributed by atoms with Crippen molar-refractivity contribution in [3.63, 3.8) is 0 Å². The SMILES string of the molecule is O=C(CCc1cc(Cl)cs1)NC1(C(=O)O)CCC1. The van der Waals surface area contributed by atoms with Crippen molar-refractivity contribution in [1.82, 2.24) is 5.32 Å². The highest BCUT2D eigenvalue weighted by atomic mass is 35.5. The Morgan fingerprint density at radius 1 is 1.50 bits per heavy atom. The van der Waals surface area contributed by atoms with Gasteiger partial charge in [0, 0.05) is 16.7 Å². The van der Waals surface area contributed by atoms with E-state index in [1.807, 2.05) is 11.4 Å². The minimum Gasteiger partial charge on any atom is -0.480 e. The van der Waals surface area contributed by atoms with Crippen molar-refractivity contribution in [3.8, 4) is 0 Å². The molecule has 0 saturated heterocycles. The van der Waals surface area contributed by atoms with Gasteiger partial charge in [-0.2, -0.15) is 0 Å². The van der Waals surface area contributed by atoms with E-state index < -0.39 is 11.5 Å². The molecule has 0 aromatic carbocycles. The molecule has 0 atom stereocenters. The molecule has 0 spiro atoms. The van der Waals surface area contributed by atoms with Gasteiger partial charge in [-0.25, -0.2) is 4.79 Å². The van der Waals surface area contributed by atoms with E-state index in [1.54, 1.807) is 0 Å². The minimum absolute atomic E-state index is 0.207. The predicted octanol–water partition coefficient (Wildman–Crippen LogP) is 2.46. The first-order valence-electron chi connectivity index (χ1n) is 5.79. The first-order valence-corrected chi connectivity index (χ1v) is 7.05. The molecule has 0 radical (unpaired) electrons. The third kappa shape index (κ3) is 2.84. The van der Waals surface area contributed by atoms with E-state index >= 15 is 0 Å². The number of hydrogen-bond donors (Lipinski definition) is 2. The number of rotatable bonds is 5. The molecule has 2 N–H and O–H groups in total. The predicted molar refractivity (Wildman–Crippen MR) is 70.0 cm³/mol. The van der Waals surface area contributed by atoms with E-state index in [0.29, 0.717) is 30.7 Å². The summed E-state index contributed by atoms with van der Waals surface area (Å²) in [6.45, 7) is 0. The number of carboxylic acids is 1. The van der Waals surface area contributed by atoms with Gasteiger partial charge in [0.05, 0.1) is 5.02 Å². The lowest BCUT2D eigenvalue weighted by Gasteiger charge is -2.38. The summed E-state index contributed by atoms with van der Waals surface area (Å²) < 4.78 is 0. The topological polar surface area (TPSA) is 66.4 Å². The Morgan fingerprint density at radius 2 is 2.22 bits per heavy atom. The number of aliphatic carboxylic acids is 1. The number of carboxylic acid groups (broad SMARTS) is 1. The van der Waals surface area contributed by atoms with Gasteiger partial charge in [0.2, 0.25) is 5.91 Å². The Kier molecular flexibility index (Phi) is 3.92. The van der Waals surface area contributed by atoms with Gasteiger partial charge in [0.25, 0.3) is 0 Å². The molecular weight excluding hydrogens is 274 g/mol. The van der Waals surface area contributed by atoms with Crippen LogP contribution < -0.4 is 5.32 Å². The maximum atomic E-state index is 11.7. The summed E-state index contributed by atoms with van der Waals surface area (Å²) in [6, 6.07) is 1.83. The second-order valence-electron chi connectivity index (χ2n) is 4.52. The van der Waals surface area contributed by atoms with Crippen molar-refractivity contribution in [2.24, 2.45) is 0 Å². The standard InChI is InChI=1S/C12H14ClNO3S/c13-8-6-9(18-7-8)2-3-10(15)14-12(11(16)17)4-1-5-12/h6-7H,1-5H2,(H,14,15)(H,16,17). The molecule has 6 heteroatoms. The molecule has 1 aromatic heterocycles. The fourth-order valence-electron chi connectivity index (χ4n) is 1.97. The Hall–Kier alpha value is -1.07. The molecule has 0 aliphatic heterocycles. The maximum Gasteiger partial charge on any atom is 0.329 e. The lowest BCUT2D eigenvalue weighted by Crippen LogP contribution is -2.59. The normalized spacial score (nSPS) is 16.9. The Bertz CT molecular complexity index is 468. The van der Waals surface area contributed by atoms with Crippen LogP contribution in [0.1, 0.15) is 30.6 Å².